The van der Waals surface area contributed by atoms with Gasteiger partial charge in [-0.3, -0.25) is 4.68 Å². The Hall–Kier alpha value is -1.84. The second kappa shape index (κ2) is 12.8. The molecule has 2 heterocycles. The number of ether oxygens (including phenoxy) is 1. The average molecular weight is 526 g/mol. The third-order valence-corrected chi connectivity index (χ3v) is 5.10. The molecule has 0 saturated heterocycles. The van der Waals surface area contributed by atoms with Crippen LogP contribution in [0.25, 0.3) is 0 Å². The van der Waals surface area contributed by atoms with Gasteiger partial charge in [-0.15, -0.1) is 24.0 Å². The van der Waals surface area contributed by atoms with E-state index in [4.69, 9.17) is 9.73 Å². The molecule has 0 bridgehead atoms. The van der Waals surface area contributed by atoms with E-state index in [0.29, 0.717) is 18.5 Å². The summed E-state index contributed by atoms with van der Waals surface area (Å²) < 4.78 is 8.06. The topological polar surface area (TPSA) is 76.4 Å². The van der Waals surface area contributed by atoms with Crippen LogP contribution in [0.5, 0.6) is 5.88 Å². The highest BCUT2D eigenvalue weighted by Crippen LogP contribution is 2.23. The molecule has 0 unspecified atom stereocenters. The van der Waals surface area contributed by atoms with E-state index in [1.165, 1.54) is 18.5 Å². The Labute approximate surface area is 197 Å². The van der Waals surface area contributed by atoms with Crippen molar-refractivity contribution in [1.82, 2.24) is 25.4 Å². The summed E-state index contributed by atoms with van der Waals surface area (Å²) in [6.45, 7) is 9.37. The number of guanidine groups is 1. The Morgan fingerprint density at radius 2 is 2.03 bits per heavy atom. The molecule has 0 radical (unpaired) electrons. The zero-order valence-corrected chi connectivity index (χ0v) is 20.7. The molecule has 30 heavy (non-hydrogen) atoms. The highest BCUT2D eigenvalue weighted by Gasteiger charge is 2.17. The smallest absolute Gasteiger partial charge is 0.213 e. The summed E-state index contributed by atoms with van der Waals surface area (Å²) in [5.74, 6) is 1.54. The predicted octanol–water partition coefficient (Wildman–Crippen LogP) is 3.98. The number of nitrogens with zero attached hydrogens (tertiary/aromatic N) is 4. The van der Waals surface area contributed by atoms with E-state index in [1.807, 2.05) is 25.3 Å². The number of pyridine rings is 1. The zero-order valence-electron chi connectivity index (χ0n) is 18.4. The fourth-order valence-electron chi connectivity index (χ4n) is 3.64. The van der Waals surface area contributed by atoms with Crippen LogP contribution in [0.4, 0.5) is 0 Å². The van der Waals surface area contributed by atoms with E-state index in [2.05, 4.69) is 45.3 Å². The molecule has 2 N–H and O–H groups in total. The summed E-state index contributed by atoms with van der Waals surface area (Å²) in [5.41, 5.74) is 3.38. The SMILES string of the molecule is CCNC(=NCc1ccnc(OC2CCCC2)c1)NCCCn1nc(C)cc1C.I. The Kier molecular flexibility index (Phi) is 10.4. The molecule has 166 valence electrons. The Morgan fingerprint density at radius 3 is 2.73 bits per heavy atom. The molecule has 0 aliphatic heterocycles. The lowest BCUT2D eigenvalue weighted by molar-refractivity contribution is 0.201. The third kappa shape index (κ3) is 7.77. The van der Waals surface area contributed by atoms with Crippen molar-refractivity contribution in [2.75, 3.05) is 13.1 Å². The van der Waals surface area contributed by atoms with Crippen LogP contribution in [-0.4, -0.2) is 39.9 Å². The number of hydrogen-bond acceptors (Lipinski definition) is 4. The average Bonchev–Trinajstić information content (AvgIpc) is 3.32. The predicted molar refractivity (Wildman–Crippen MR) is 132 cm³/mol. The van der Waals surface area contributed by atoms with E-state index in [9.17, 15) is 0 Å². The molecule has 1 aliphatic rings. The van der Waals surface area contributed by atoms with E-state index in [1.54, 1.807) is 0 Å². The molecule has 1 fully saturated rings. The molecule has 0 spiro atoms. The minimum absolute atomic E-state index is 0. The van der Waals surface area contributed by atoms with Crippen LogP contribution < -0.4 is 15.4 Å². The van der Waals surface area contributed by atoms with Crippen LogP contribution in [0, 0.1) is 13.8 Å². The van der Waals surface area contributed by atoms with E-state index in [0.717, 1.165) is 56.1 Å². The zero-order chi connectivity index (χ0) is 20.5. The fraction of sp³-hybridized carbons (Fsp3) is 0.591. The number of rotatable bonds is 9. The van der Waals surface area contributed by atoms with Gasteiger partial charge in [0.25, 0.3) is 0 Å². The van der Waals surface area contributed by atoms with E-state index < -0.39 is 0 Å². The van der Waals surface area contributed by atoms with Crippen LogP contribution in [-0.2, 0) is 13.1 Å². The van der Waals surface area contributed by atoms with E-state index >= 15 is 0 Å². The van der Waals surface area contributed by atoms with Gasteiger partial charge in [0.05, 0.1) is 12.2 Å². The first-order chi connectivity index (χ1) is 14.1. The van der Waals surface area contributed by atoms with Gasteiger partial charge in [-0.2, -0.15) is 5.10 Å². The molecule has 0 atom stereocenters. The monoisotopic (exact) mass is 526 g/mol. The summed E-state index contributed by atoms with van der Waals surface area (Å²) in [4.78, 5) is 9.07. The van der Waals surface area contributed by atoms with Crippen molar-refractivity contribution in [2.24, 2.45) is 4.99 Å². The molecule has 2 aromatic rings. The van der Waals surface area contributed by atoms with Crippen molar-refractivity contribution < 1.29 is 4.74 Å². The van der Waals surface area contributed by atoms with Gasteiger partial charge in [-0.1, -0.05) is 0 Å². The van der Waals surface area contributed by atoms with Gasteiger partial charge in [0.15, 0.2) is 5.96 Å². The quantitative estimate of drug-likeness (QED) is 0.224. The molecule has 7 nitrogen and oxygen atoms in total. The molecule has 2 aromatic heterocycles. The van der Waals surface area contributed by atoms with Crippen molar-refractivity contribution in [3.63, 3.8) is 0 Å². The number of halogens is 1. The lowest BCUT2D eigenvalue weighted by Crippen LogP contribution is -2.38. The highest BCUT2D eigenvalue weighted by atomic mass is 127. The van der Waals surface area contributed by atoms with Crippen molar-refractivity contribution >= 4 is 29.9 Å². The number of aromatic nitrogens is 3. The molecular formula is C22H35IN6O. The second-order valence-electron chi connectivity index (χ2n) is 7.65. The Morgan fingerprint density at radius 1 is 1.23 bits per heavy atom. The lowest BCUT2D eigenvalue weighted by atomic mass is 10.2. The maximum absolute atomic E-state index is 6.00. The molecule has 3 rings (SSSR count). The van der Waals surface area contributed by atoms with Gasteiger partial charge in [-0.05, 0) is 70.6 Å². The first-order valence-corrected chi connectivity index (χ1v) is 10.8. The molecule has 1 aliphatic carbocycles. The van der Waals surface area contributed by atoms with Crippen LogP contribution in [0.3, 0.4) is 0 Å². The number of aryl methyl sites for hydroxylation is 3. The first kappa shape index (κ1) is 24.4. The second-order valence-corrected chi connectivity index (χ2v) is 7.65. The van der Waals surface area contributed by atoms with Gasteiger partial charge in [-0.25, -0.2) is 9.98 Å². The fourth-order valence-corrected chi connectivity index (χ4v) is 3.64. The van der Waals surface area contributed by atoms with Gasteiger partial charge in [0.2, 0.25) is 5.88 Å². The minimum Gasteiger partial charge on any atom is -0.474 e. The molecule has 0 amide bonds. The summed E-state index contributed by atoms with van der Waals surface area (Å²) in [7, 11) is 0. The third-order valence-electron chi connectivity index (χ3n) is 5.10. The number of nitrogens with one attached hydrogen (secondary N) is 2. The highest BCUT2D eigenvalue weighted by molar-refractivity contribution is 14.0. The van der Waals surface area contributed by atoms with Crippen LogP contribution in [0.1, 0.15) is 56.0 Å². The van der Waals surface area contributed by atoms with Crippen LogP contribution in [0.2, 0.25) is 0 Å². The van der Waals surface area contributed by atoms with Crippen LogP contribution >= 0.6 is 24.0 Å². The maximum atomic E-state index is 6.00. The number of hydrogen-bond donors (Lipinski definition) is 2. The van der Waals surface area contributed by atoms with Gasteiger partial charge in [0, 0.05) is 37.6 Å². The van der Waals surface area contributed by atoms with Gasteiger partial charge >= 0.3 is 0 Å². The normalized spacial score (nSPS) is 14.4. The van der Waals surface area contributed by atoms with Crippen molar-refractivity contribution in [3.8, 4) is 5.88 Å². The Balaban J connectivity index is 0.00000320. The maximum Gasteiger partial charge on any atom is 0.213 e. The molecule has 1 saturated carbocycles. The lowest BCUT2D eigenvalue weighted by Gasteiger charge is -2.13. The summed E-state index contributed by atoms with van der Waals surface area (Å²) >= 11 is 0. The Bertz CT molecular complexity index is 801. The largest absolute Gasteiger partial charge is 0.474 e. The molecule has 0 aromatic carbocycles. The van der Waals surface area contributed by atoms with Crippen LogP contribution in [0.15, 0.2) is 29.4 Å². The van der Waals surface area contributed by atoms with E-state index in [-0.39, 0.29) is 24.0 Å². The van der Waals surface area contributed by atoms with Gasteiger partial charge < -0.3 is 15.4 Å². The van der Waals surface area contributed by atoms with Crippen molar-refractivity contribution in [2.45, 2.75) is 72.1 Å². The molecule has 8 heteroatoms. The minimum atomic E-state index is 0. The summed E-state index contributed by atoms with van der Waals surface area (Å²) in [6.07, 6.45) is 7.90. The number of aliphatic imine (C=N–C) groups is 1. The van der Waals surface area contributed by atoms with Gasteiger partial charge in [0.1, 0.15) is 6.10 Å². The first-order valence-electron chi connectivity index (χ1n) is 10.8. The van der Waals surface area contributed by atoms with Crippen molar-refractivity contribution in [3.05, 3.63) is 41.3 Å². The van der Waals surface area contributed by atoms with Crippen molar-refractivity contribution in [1.29, 1.82) is 0 Å². The summed E-state index contributed by atoms with van der Waals surface area (Å²) in [6, 6.07) is 6.12. The summed E-state index contributed by atoms with van der Waals surface area (Å²) in [5, 5.41) is 11.2. The molecular weight excluding hydrogens is 491 g/mol. The standard InChI is InChI=1S/C22H34N6O.HI/c1-4-23-22(25-11-7-13-28-18(3)14-17(2)27-28)26-16-19-10-12-24-21(15-19)29-20-8-5-6-9-20;/h10,12,14-15,20H,4-9,11,13,16H2,1-3H3,(H2,23,25,26);1H.